The summed E-state index contributed by atoms with van der Waals surface area (Å²) in [5.41, 5.74) is 2.07. The Bertz CT molecular complexity index is 640. The van der Waals surface area contributed by atoms with Crippen molar-refractivity contribution in [3.63, 3.8) is 0 Å². The molecule has 1 aromatic rings. The van der Waals surface area contributed by atoms with Crippen molar-refractivity contribution in [3.05, 3.63) is 29.8 Å². The SMILES string of the molecule is C[C@@H]1CCC/C(=N/NS(=O)(=O)c2ccc(C(C)(C)C)cc2)C1. The molecule has 5 heteroatoms. The minimum atomic E-state index is -3.58. The van der Waals surface area contributed by atoms with Crippen LogP contribution in [0.2, 0.25) is 0 Å². The van der Waals surface area contributed by atoms with Crippen LogP contribution in [0.1, 0.15) is 58.9 Å². The number of hydrogen-bond donors (Lipinski definition) is 1. The van der Waals surface area contributed by atoms with Crippen molar-refractivity contribution in [1.82, 2.24) is 4.83 Å². The summed E-state index contributed by atoms with van der Waals surface area (Å²) < 4.78 is 24.6. The van der Waals surface area contributed by atoms with Crippen molar-refractivity contribution < 1.29 is 8.42 Å². The summed E-state index contributed by atoms with van der Waals surface area (Å²) in [7, 11) is -3.58. The van der Waals surface area contributed by atoms with E-state index in [0.29, 0.717) is 5.92 Å². The summed E-state index contributed by atoms with van der Waals surface area (Å²) in [6, 6.07) is 7.02. The monoisotopic (exact) mass is 322 g/mol. The molecule has 0 bridgehead atoms. The average molecular weight is 322 g/mol. The lowest BCUT2D eigenvalue weighted by Gasteiger charge is -2.20. The number of sulfonamides is 1. The van der Waals surface area contributed by atoms with E-state index in [1.807, 2.05) is 12.1 Å². The normalized spacial score (nSPS) is 21.8. The van der Waals surface area contributed by atoms with E-state index in [1.165, 1.54) is 6.42 Å². The first-order valence-electron chi connectivity index (χ1n) is 7.86. The smallest absolute Gasteiger partial charge is 0.200 e. The highest BCUT2D eigenvalue weighted by atomic mass is 32.2. The van der Waals surface area contributed by atoms with E-state index in [0.717, 1.165) is 30.5 Å². The van der Waals surface area contributed by atoms with Gasteiger partial charge in [0, 0.05) is 5.71 Å². The molecule has 22 heavy (non-hydrogen) atoms. The van der Waals surface area contributed by atoms with Gasteiger partial charge in [0.05, 0.1) is 4.90 Å². The van der Waals surface area contributed by atoms with Crippen LogP contribution in [0.4, 0.5) is 0 Å². The lowest BCUT2D eigenvalue weighted by Crippen LogP contribution is -2.22. The third-order valence-electron chi connectivity index (χ3n) is 4.10. The molecule has 1 aromatic carbocycles. The van der Waals surface area contributed by atoms with Crippen molar-refractivity contribution >= 4 is 15.7 Å². The zero-order valence-corrected chi connectivity index (χ0v) is 14.7. The fourth-order valence-corrected chi connectivity index (χ4v) is 3.52. The largest absolute Gasteiger partial charge is 0.276 e. The fraction of sp³-hybridized carbons (Fsp3) is 0.588. The molecule has 4 nitrogen and oxygen atoms in total. The van der Waals surface area contributed by atoms with Gasteiger partial charge in [-0.2, -0.15) is 13.5 Å². The number of nitrogens with zero attached hydrogens (tertiary/aromatic N) is 1. The summed E-state index contributed by atoms with van der Waals surface area (Å²) in [4.78, 5) is 2.64. The van der Waals surface area contributed by atoms with Crippen LogP contribution >= 0.6 is 0 Å². The van der Waals surface area contributed by atoms with E-state index in [2.05, 4.69) is 37.6 Å². The van der Waals surface area contributed by atoms with Crippen molar-refractivity contribution in [1.29, 1.82) is 0 Å². The van der Waals surface area contributed by atoms with Crippen LogP contribution in [0.3, 0.4) is 0 Å². The molecule has 1 aliphatic carbocycles. The van der Waals surface area contributed by atoms with Gasteiger partial charge in [0.2, 0.25) is 0 Å². The van der Waals surface area contributed by atoms with Gasteiger partial charge in [-0.3, -0.25) is 0 Å². The number of hydrogen-bond acceptors (Lipinski definition) is 3. The van der Waals surface area contributed by atoms with Gasteiger partial charge in [-0.25, -0.2) is 4.83 Å². The number of nitrogens with one attached hydrogen (secondary N) is 1. The summed E-state index contributed by atoms with van der Waals surface area (Å²) in [6.45, 7) is 8.48. The fourth-order valence-electron chi connectivity index (χ4n) is 2.67. The molecular formula is C17H26N2O2S. The molecule has 0 saturated heterocycles. The molecule has 0 unspecified atom stereocenters. The molecule has 1 fully saturated rings. The molecule has 0 heterocycles. The molecule has 0 amide bonds. The zero-order valence-electron chi connectivity index (χ0n) is 13.9. The Balaban J connectivity index is 2.12. The van der Waals surface area contributed by atoms with E-state index < -0.39 is 10.0 Å². The molecule has 1 aliphatic rings. The summed E-state index contributed by atoms with van der Waals surface area (Å²) >= 11 is 0. The van der Waals surface area contributed by atoms with Crippen LogP contribution in [0.5, 0.6) is 0 Å². The second-order valence-corrected chi connectivity index (χ2v) is 8.91. The summed E-state index contributed by atoms with van der Waals surface area (Å²) in [5.74, 6) is 0.586. The van der Waals surface area contributed by atoms with Crippen molar-refractivity contribution in [2.45, 2.75) is 63.7 Å². The Morgan fingerprint density at radius 3 is 2.36 bits per heavy atom. The molecule has 1 saturated carbocycles. The maximum Gasteiger partial charge on any atom is 0.276 e. The Hall–Kier alpha value is -1.36. The Morgan fingerprint density at radius 1 is 1.18 bits per heavy atom. The highest BCUT2D eigenvalue weighted by Gasteiger charge is 2.18. The minimum Gasteiger partial charge on any atom is -0.200 e. The van der Waals surface area contributed by atoms with Crippen LogP contribution in [-0.4, -0.2) is 14.1 Å². The molecule has 0 aromatic heterocycles. The Morgan fingerprint density at radius 2 is 1.82 bits per heavy atom. The molecule has 2 rings (SSSR count). The van der Waals surface area contributed by atoms with Crippen LogP contribution in [0.15, 0.2) is 34.3 Å². The van der Waals surface area contributed by atoms with Gasteiger partial charge in [0.25, 0.3) is 10.0 Å². The topological polar surface area (TPSA) is 58.5 Å². The number of benzene rings is 1. The van der Waals surface area contributed by atoms with E-state index in [4.69, 9.17) is 0 Å². The summed E-state index contributed by atoms with van der Waals surface area (Å²) in [5, 5.41) is 4.13. The van der Waals surface area contributed by atoms with Gasteiger partial charge in [0.15, 0.2) is 0 Å². The number of rotatable bonds is 3. The van der Waals surface area contributed by atoms with Gasteiger partial charge in [-0.05, 0) is 54.7 Å². The first kappa shape index (κ1) is 17.0. The standard InChI is InChI=1S/C17H26N2O2S/c1-13-6-5-7-15(12-13)18-19-22(20,21)16-10-8-14(9-11-16)17(2,3)4/h8-11,13,19H,5-7,12H2,1-4H3/b18-15-/t13-/m1/s1. The first-order valence-corrected chi connectivity index (χ1v) is 9.34. The van der Waals surface area contributed by atoms with E-state index in [1.54, 1.807) is 12.1 Å². The Kier molecular flexibility index (Phi) is 4.95. The molecule has 0 aliphatic heterocycles. The van der Waals surface area contributed by atoms with Gasteiger partial charge in [-0.15, -0.1) is 0 Å². The maximum atomic E-state index is 12.3. The third-order valence-corrected chi connectivity index (χ3v) is 5.33. The minimum absolute atomic E-state index is 0.00812. The van der Waals surface area contributed by atoms with Gasteiger partial charge in [-0.1, -0.05) is 39.8 Å². The van der Waals surface area contributed by atoms with Crippen LogP contribution < -0.4 is 4.83 Å². The highest BCUT2D eigenvalue weighted by molar-refractivity contribution is 7.89. The molecule has 0 spiro atoms. The van der Waals surface area contributed by atoms with Crippen molar-refractivity contribution in [3.8, 4) is 0 Å². The van der Waals surface area contributed by atoms with Gasteiger partial charge >= 0.3 is 0 Å². The third kappa shape index (κ3) is 4.32. The lowest BCUT2D eigenvalue weighted by molar-refractivity contribution is 0.498. The van der Waals surface area contributed by atoms with Crippen LogP contribution in [-0.2, 0) is 15.4 Å². The first-order chi connectivity index (χ1) is 10.2. The molecule has 0 radical (unpaired) electrons. The lowest BCUT2D eigenvalue weighted by atomic mass is 9.87. The van der Waals surface area contributed by atoms with Crippen molar-refractivity contribution in [2.75, 3.05) is 0 Å². The van der Waals surface area contributed by atoms with Crippen LogP contribution in [0, 0.1) is 5.92 Å². The van der Waals surface area contributed by atoms with Crippen LogP contribution in [0.25, 0.3) is 0 Å². The molecule has 1 N–H and O–H groups in total. The highest BCUT2D eigenvalue weighted by Crippen LogP contribution is 2.24. The summed E-state index contributed by atoms with van der Waals surface area (Å²) in [6.07, 6.45) is 4.04. The van der Waals surface area contributed by atoms with E-state index >= 15 is 0 Å². The second-order valence-electron chi connectivity index (χ2n) is 7.25. The predicted molar refractivity (Wildman–Crippen MR) is 90.5 cm³/mol. The number of hydrazone groups is 1. The van der Waals surface area contributed by atoms with E-state index in [-0.39, 0.29) is 10.3 Å². The van der Waals surface area contributed by atoms with Gasteiger partial charge < -0.3 is 0 Å². The van der Waals surface area contributed by atoms with Gasteiger partial charge in [0.1, 0.15) is 0 Å². The quantitative estimate of drug-likeness (QED) is 0.860. The molecular weight excluding hydrogens is 296 g/mol. The average Bonchev–Trinajstić information content (AvgIpc) is 2.45. The zero-order chi connectivity index (χ0) is 16.4. The Labute approximate surface area is 134 Å². The van der Waals surface area contributed by atoms with Crippen molar-refractivity contribution in [2.24, 2.45) is 11.0 Å². The predicted octanol–water partition coefficient (Wildman–Crippen LogP) is 3.83. The maximum absolute atomic E-state index is 12.3. The van der Waals surface area contributed by atoms with E-state index in [9.17, 15) is 8.42 Å². The second kappa shape index (κ2) is 6.41. The molecule has 1 atom stereocenters. The molecule has 122 valence electrons.